The van der Waals surface area contributed by atoms with Crippen molar-refractivity contribution in [2.24, 2.45) is 17.4 Å². The molecule has 6 amide bonds. The van der Waals surface area contributed by atoms with E-state index in [9.17, 15) is 48.3 Å². The van der Waals surface area contributed by atoms with Gasteiger partial charge in [0.1, 0.15) is 30.2 Å². The van der Waals surface area contributed by atoms with Crippen molar-refractivity contribution in [1.82, 2.24) is 26.2 Å². The van der Waals surface area contributed by atoms with Crippen LogP contribution in [-0.4, -0.2) is 122 Å². The van der Waals surface area contributed by atoms with Crippen LogP contribution in [0.2, 0.25) is 0 Å². The van der Waals surface area contributed by atoms with E-state index < -0.39 is 109 Å². The van der Waals surface area contributed by atoms with Gasteiger partial charge < -0.3 is 53.0 Å². The van der Waals surface area contributed by atoms with Crippen molar-refractivity contribution in [2.75, 3.05) is 12.3 Å². The number of carboxylic acids is 3. The topological polar surface area (TPSA) is 318 Å². The largest absolute Gasteiger partial charge is 0.481 e. The molecule has 1 aliphatic heterocycles. The second-order valence-corrected chi connectivity index (χ2v) is 12.1. The Kier molecular flexibility index (Phi) is 17.3. The van der Waals surface area contributed by atoms with Crippen molar-refractivity contribution >= 4 is 66.0 Å². The fourth-order valence-corrected chi connectivity index (χ4v) is 5.09. The lowest BCUT2D eigenvalue weighted by Crippen LogP contribution is -2.60. The Morgan fingerprint density at radius 3 is 1.83 bits per heavy atom. The molecule has 0 saturated carbocycles. The van der Waals surface area contributed by atoms with Crippen molar-refractivity contribution in [3.63, 3.8) is 0 Å². The fourth-order valence-electron chi connectivity index (χ4n) is 4.84. The standard InChI is InChI=1S/C28H45N7O12S/c1-13(2)10-16(33-26(44)19-4-3-9-35(19)27(45)14(29)5-7-21(37)38)23(41)34-18(12-48)25(43)32-17(11-20(30)36)24(42)31-15(28(46)47)6-8-22(39)40/h13-19,48H,3-12,29H2,1-2H3,(H2,30,36)(H,31,42)(H,32,43)(H,33,44)(H,34,41)(H,37,38)(H,39,40)(H,46,47)/t14-,15-,16-,17-,18-,19-/m0/s1. The first-order valence-corrected chi connectivity index (χ1v) is 15.8. The van der Waals surface area contributed by atoms with E-state index in [0.717, 1.165) is 0 Å². The predicted octanol–water partition coefficient (Wildman–Crippen LogP) is -3.09. The summed E-state index contributed by atoms with van der Waals surface area (Å²) in [6.07, 6.45) is -1.48. The summed E-state index contributed by atoms with van der Waals surface area (Å²) in [5, 5.41) is 36.4. The number of carboxylic acid groups (broad SMARTS) is 3. The minimum Gasteiger partial charge on any atom is -0.481 e. The number of nitrogens with one attached hydrogen (secondary N) is 4. The number of likely N-dealkylation sites (tertiary alicyclic amines) is 1. The van der Waals surface area contributed by atoms with Gasteiger partial charge >= 0.3 is 17.9 Å². The number of thiol groups is 1. The molecule has 0 aromatic rings. The molecule has 0 spiro atoms. The minimum absolute atomic E-state index is 0.108. The number of rotatable bonds is 21. The van der Waals surface area contributed by atoms with E-state index >= 15 is 0 Å². The van der Waals surface area contributed by atoms with Gasteiger partial charge in [0.25, 0.3) is 0 Å². The van der Waals surface area contributed by atoms with E-state index in [2.05, 4.69) is 33.9 Å². The van der Waals surface area contributed by atoms with Crippen LogP contribution in [0.15, 0.2) is 0 Å². The zero-order chi connectivity index (χ0) is 36.7. The van der Waals surface area contributed by atoms with Gasteiger partial charge in [-0.3, -0.25) is 38.4 Å². The number of nitrogens with zero attached hydrogens (tertiary/aromatic N) is 1. The number of aliphatic carboxylic acids is 3. The van der Waals surface area contributed by atoms with E-state index in [4.69, 9.17) is 21.7 Å². The molecule has 1 aliphatic rings. The van der Waals surface area contributed by atoms with Crippen molar-refractivity contribution < 1.29 is 58.5 Å². The third-order valence-electron chi connectivity index (χ3n) is 7.28. The summed E-state index contributed by atoms with van der Waals surface area (Å²) in [4.78, 5) is 112. The van der Waals surface area contributed by atoms with Crippen LogP contribution in [0.1, 0.15) is 65.2 Å². The smallest absolute Gasteiger partial charge is 0.326 e. The van der Waals surface area contributed by atoms with Crippen LogP contribution in [0, 0.1) is 5.92 Å². The molecule has 48 heavy (non-hydrogen) atoms. The molecule has 19 nitrogen and oxygen atoms in total. The number of amides is 6. The molecule has 11 N–H and O–H groups in total. The molecule has 0 aromatic carbocycles. The lowest BCUT2D eigenvalue weighted by molar-refractivity contribution is -0.144. The zero-order valence-corrected chi connectivity index (χ0v) is 27.6. The van der Waals surface area contributed by atoms with Crippen molar-refractivity contribution in [3.8, 4) is 0 Å². The molecule has 1 rings (SSSR count). The number of nitrogens with two attached hydrogens (primary N) is 2. The van der Waals surface area contributed by atoms with Crippen molar-refractivity contribution in [1.29, 1.82) is 0 Å². The van der Waals surface area contributed by atoms with E-state index in [-0.39, 0.29) is 43.9 Å². The summed E-state index contributed by atoms with van der Waals surface area (Å²) in [5.41, 5.74) is 11.1. The van der Waals surface area contributed by atoms with Gasteiger partial charge in [-0.2, -0.15) is 12.6 Å². The van der Waals surface area contributed by atoms with Crippen LogP contribution in [0.25, 0.3) is 0 Å². The second-order valence-electron chi connectivity index (χ2n) is 11.7. The van der Waals surface area contributed by atoms with Crippen LogP contribution in [-0.2, 0) is 43.2 Å². The van der Waals surface area contributed by atoms with Gasteiger partial charge in [-0.05, 0) is 38.0 Å². The monoisotopic (exact) mass is 703 g/mol. The molecule has 0 bridgehead atoms. The Labute approximate surface area is 281 Å². The molecular weight excluding hydrogens is 658 g/mol. The van der Waals surface area contributed by atoms with Crippen LogP contribution in [0.4, 0.5) is 0 Å². The summed E-state index contributed by atoms with van der Waals surface area (Å²) in [7, 11) is 0. The lowest BCUT2D eigenvalue weighted by atomic mass is 10.0. The molecular formula is C28H45N7O12S. The van der Waals surface area contributed by atoms with Gasteiger partial charge in [-0.25, -0.2) is 4.79 Å². The highest BCUT2D eigenvalue weighted by Gasteiger charge is 2.38. The second kappa shape index (κ2) is 20.0. The Hall–Kier alpha value is -4.46. The van der Waals surface area contributed by atoms with Gasteiger partial charge in [-0.15, -0.1) is 0 Å². The van der Waals surface area contributed by atoms with E-state index in [1.807, 2.05) is 0 Å². The zero-order valence-electron chi connectivity index (χ0n) is 26.7. The third-order valence-corrected chi connectivity index (χ3v) is 7.65. The number of carbonyl (C=O) groups is 9. The molecule has 6 atom stereocenters. The maximum absolute atomic E-state index is 13.4. The van der Waals surface area contributed by atoms with Crippen molar-refractivity contribution in [3.05, 3.63) is 0 Å². The van der Waals surface area contributed by atoms with Gasteiger partial charge in [0.05, 0.1) is 12.5 Å². The number of hydrogen-bond donors (Lipinski definition) is 10. The molecule has 20 heteroatoms. The Bertz CT molecular complexity index is 1230. The summed E-state index contributed by atoms with van der Waals surface area (Å²) in [6.45, 7) is 3.75. The molecule has 0 radical (unpaired) electrons. The predicted molar refractivity (Wildman–Crippen MR) is 169 cm³/mol. The Balaban J connectivity index is 3.05. The number of carbonyl (C=O) groups excluding carboxylic acids is 6. The van der Waals surface area contributed by atoms with Crippen LogP contribution in [0.5, 0.6) is 0 Å². The van der Waals surface area contributed by atoms with Gasteiger partial charge in [-0.1, -0.05) is 13.8 Å². The van der Waals surface area contributed by atoms with Gasteiger partial charge in [0.2, 0.25) is 35.4 Å². The Morgan fingerprint density at radius 2 is 1.31 bits per heavy atom. The van der Waals surface area contributed by atoms with Gasteiger partial charge in [0.15, 0.2) is 0 Å². The first kappa shape index (κ1) is 41.6. The quantitative estimate of drug-likeness (QED) is 0.0531. The molecule has 1 saturated heterocycles. The average Bonchev–Trinajstić information content (AvgIpc) is 3.48. The normalized spacial score (nSPS) is 17.3. The summed E-state index contributed by atoms with van der Waals surface area (Å²) in [6, 6.07) is -8.08. The first-order chi connectivity index (χ1) is 22.4. The first-order valence-electron chi connectivity index (χ1n) is 15.2. The summed E-state index contributed by atoms with van der Waals surface area (Å²) in [5.74, 6) is -9.72. The number of primary amides is 1. The molecule has 270 valence electrons. The van der Waals surface area contributed by atoms with E-state index in [1.165, 1.54) is 4.90 Å². The Morgan fingerprint density at radius 1 is 0.792 bits per heavy atom. The lowest BCUT2D eigenvalue weighted by Gasteiger charge is -2.29. The fraction of sp³-hybridized carbons (Fsp3) is 0.679. The number of hydrogen-bond acceptors (Lipinski definition) is 11. The molecule has 0 unspecified atom stereocenters. The summed E-state index contributed by atoms with van der Waals surface area (Å²) < 4.78 is 0. The van der Waals surface area contributed by atoms with Crippen LogP contribution >= 0.6 is 12.6 Å². The molecule has 1 heterocycles. The van der Waals surface area contributed by atoms with Gasteiger partial charge in [0, 0.05) is 25.1 Å². The molecule has 1 fully saturated rings. The van der Waals surface area contributed by atoms with Crippen LogP contribution < -0.4 is 32.7 Å². The molecule has 0 aliphatic carbocycles. The molecule has 0 aromatic heterocycles. The van der Waals surface area contributed by atoms with Crippen LogP contribution in [0.3, 0.4) is 0 Å². The third kappa shape index (κ3) is 14.1. The highest BCUT2D eigenvalue weighted by molar-refractivity contribution is 7.80. The highest BCUT2D eigenvalue weighted by Crippen LogP contribution is 2.20. The van der Waals surface area contributed by atoms with E-state index in [0.29, 0.717) is 6.42 Å². The SMILES string of the molecule is CC(C)C[C@H](NC(=O)[C@@H]1CCCN1C(=O)[C@@H](N)CCC(=O)O)C(=O)N[C@@H](CS)C(=O)N[C@@H](CC(N)=O)C(=O)N[C@@H](CCC(=O)O)C(=O)O. The maximum Gasteiger partial charge on any atom is 0.326 e. The maximum atomic E-state index is 13.4. The summed E-state index contributed by atoms with van der Waals surface area (Å²) >= 11 is 4.08. The van der Waals surface area contributed by atoms with Crippen molar-refractivity contribution in [2.45, 2.75) is 101 Å². The van der Waals surface area contributed by atoms with E-state index in [1.54, 1.807) is 13.8 Å². The highest BCUT2D eigenvalue weighted by atomic mass is 32.1. The average molecular weight is 704 g/mol. The minimum atomic E-state index is -1.69.